The summed E-state index contributed by atoms with van der Waals surface area (Å²) in [7, 11) is 0. The summed E-state index contributed by atoms with van der Waals surface area (Å²) in [6.45, 7) is -0.155. The lowest BCUT2D eigenvalue weighted by Crippen LogP contribution is -2.11. The van der Waals surface area contributed by atoms with Crippen LogP contribution in [0.1, 0.15) is 15.2 Å². The Labute approximate surface area is 115 Å². The number of thiophene rings is 1. The minimum absolute atomic E-state index is 0.155. The molecule has 0 bridgehead atoms. The van der Waals surface area contributed by atoms with Gasteiger partial charge in [-0.25, -0.2) is 9.18 Å². The first kappa shape index (κ1) is 14.1. The van der Waals surface area contributed by atoms with Crippen molar-refractivity contribution in [2.45, 2.75) is 6.61 Å². The molecule has 0 fully saturated rings. The highest BCUT2D eigenvalue weighted by Gasteiger charge is 2.27. The molecule has 1 aromatic carbocycles. The fraction of sp³-hybridized carbons (Fsp3) is 0.0833. The van der Waals surface area contributed by atoms with Crippen molar-refractivity contribution in [3.63, 3.8) is 0 Å². The molecular weight excluding hydrogens is 292 g/mol. The van der Waals surface area contributed by atoms with Gasteiger partial charge in [-0.1, -0.05) is 6.07 Å². The SMILES string of the molecule is O=C(OCc1cccs1)c1c(F)ccc([N+](=O)[O-])c1F. The van der Waals surface area contributed by atoms with Gasteiger partial charge in [0.25, 0.3) is 0 Å². The van der Waals surface area contributed by atoms with Crippen LogP contribution in [-0.2, 0) is 11.3 Å². The van der Waals surface area contributed by atoms with Crippen molar-refractivity contribution < 1.29 is 23.2 Å². The largest absolute Gasteiger partial charge is 0.456 e. The number of nitrogens with zero attached hydrogens (tertiary/aromatic N) is 1. The fourth-order valence-corrected chi connectivity index (χ4v) is 2.09. The Balaban J connectivity index is 2.25. The zero-order valence-electron chi connectivity index (χ0n) is 9.84. The van der Waals surface area contributed by atoms with Crippen molar-refractivity contribution in [2.75, 3.05) is 0 Å². The fourth-order valence-electron chi connectivity index (χ4n) is 1.47. The number of carbonyl (C=O) groups excluding carboxylic acids is 1. The zero-order chi connectivity index (χ0) is 14.7. The van der Waals surface area contributed by atoms with Crippen LogP contribution in [0, 0.1) is 21.7 Å². The number of rotatable bonds is 4. The highest BCUT2D eigenvalue weighted by Crippen LogP contribution is 2.24. The van der Waals surface area contributed by atoms with Crippen molar-refractivity contribution in [1.29, 1.82) is 0 Å². The topological polar surface area (TPSA) is 69.4 Å². The third-order valence-electron chi connectivity index (χ3n) is 2.40. The summed E-state index contributed by atoms with van der Waals surface area (Å²) in [5.74, 6) is -4.02. The Morgan fingerprint density at radius 2 is 2.10 bits per heavy atom. The maximum atomic E-state index is 13.7. The van der Waals surface area contributed by atoms with Gasteiger partial charge < -0.3 is 4.74 Å². The predicted molar refractivity (Wildman–Crippen MR) is 66.5 cm³/mol. The van der Waals surface area contributed by atoms with Crippen LogP contribution in [0.4, 0.5) is 14.5 Å². The summed E-state index contributed by atoms with van der Waals surface area (Å²) in [5, 5.41) is 12.3. The van der Waals surface area contributed by atoms with E-state index in [9.17, 15) is 23.7 Å². The lowest BCUT2D eigenvalue weighted by Gasteiger charge is -2.05. The van der Waals surface area contributed by atoms with Crippen molar-refractivity contribution in [1.82, 2.24) is 0 Å². The maximum Gasteiger partial charge on any atom is 0.344 e. The van der Waals surface area contributed by atoms with E-state index in [0.29, 0.717) is 17.0 Å². The first-order chi connectivity index (χ1) is 9.50. The van der Waals surface area contributed by atoms with E-state index in [-0.39, 0.29) is 6.61 Å². The summed E-state index contributed by atoms with van der Waals surface area (Å²) >= 11 is 1.30. The van der Waals surface area contributed by atoms with Crippen molar-refractivity contribution in [3.05, 3.63) is 61.8 Å². The number of nitro benzene ring substituents is 1. The summed E-state index contributed by atoms with van der Waals surface area (Å²) in [5.41, 5.74) is -2.04. The van der Waals surface area contributed by atoms with Gasteiger partial charge in [-0.05, 0) is 17.5 Å². The second-order valence-corrected chi connectivity index (χ2v) is 4.70. The van der Waals surface area contributed by atoms with Gasteiger partial charge in [-0.3, -0.25) is 10.1 Å². The van der Waals surface area contributed by atoms with E-state index in [1.807, 2.05) is 0 Å². The lowest BCUT2D eigenvalue weighted by molar-refractivity contribution is -0.387. The van der Waals surface area contributed by atoms with E-state index in [2.05, 4.69) is 0 Å². The molecule has 0 saturated heterocycles. The van der Waals surface area contributed by atoms with Crippen LogP contribution in [0.5, 0.6) is 0 Å². The van der Waals surface area contributed by atoms with Gasteiger partial charge in [0.15, 0.2) is 0 Å². The Morgan fingerprint density at radius 3 is 2.70 bits per heavy atom. The van der Waals surface area contributed by atoms with E-state index in [0.717, 1.165) is 0 Å². The van der Waals surface area contributed by atoms with Crippen LogP contribution in [0.3, 0.4) is 0 Å². The molecule has 5 nitrogen and oxygen atoms in total. The average molecular weight is 299 g/mol. The number of hydrogen-bond acceptors (Lipinski definition) is 5. The van der Waals surface area contributed by atoms with Gasteiger partial charge >= 0.3 is 11.7 Å². The molecule has 0 atom stereocenters. The highest BCUT2D eigenvalue weighted by molar-refractivity contribution is 7.09. The molecule has 0 amide bonds. The predicted octanol–water partition coefficient (Wildman–Crippen LogP) is 3.29. The molecule has 0 radical (unpaired) electrons. The normalized spacial score (nSPS) is 10.3. The number of ether oxygens (including phenoxy) is 1. The van der Waals surface area contributed by atoms with E-state index < -0.39 is 33.8 Å². The number of benzene rings is 1. The first-order valence-electron chi connectivity index (χ1n) is 5.32. The Morgan fingerprint density at radius 1 is 1.35 bits per heavy atom. The van der Waals surface area contributed by atoms with Gasteiger partial charge in [0, 0.05) is 10.9 Å². The summed E-state index contributed by atoms with van der Waals surface area (Å²) in [4.78, 5) is 21.8. The first-order valence-corrected chi connectivity index (χ1v) is 6.20. The van der Waals surface area contributed by atoms with Crippen LogP contribution in [-0.4, -0.2) is 10.9 Å². The monoisotopic (exact) mass is 299 g/mol. The van der Waals surface area contributed by atoms with E-state index >= 15 is 0 Å². The number of nitro groups is 1. The molecular formula is C12H7F2NO4S. The van der Waals surface area contributed by atoms with E-state index in [1.165, 1.54) is 11.3 Å². The quantitative estimate of drug-likeness (QED) is 0.493. The maximum absolute atomic E-state index is 13.7. The molecule has 8 heteroatoms. The molecule has 0 aliphatic heterocycles. The van der Waals surface area contributed by atoms with Gasteiger partial charge in [-0.15, -0.1) is 11.3 Å². The van der Waals surface area contributed by atoms with Crippen molar-refractivity contribution in [2.24, 2.45) is 0 Å². The minimum Gasteiger partial charge on any atom is -0.456 e. The highest BCUT2D eigenvalue weighted by atomic mass is 32.1. The average Bonchev–Trinajstić information content (AvgIpc) is 2.89. The second kappa shape index (κ2) is 5.74. The second-order valence-electron chi connectivity index (χ2n) is 3.67. The Kier molecular flexibility index (Phi) is 4.04. The molecule has 0 spiro atoms. The number of esters is 1. The molecule has 1 aromatic heterocycles. The lowest BCUT2D eigenvalue weighted by atomic mass is 10.1. The standard InChI is InChI=1S/C12H7F2NO4S/c13-8-3-4-9(15(17)18)11(14)10(8)12(16)19-6-7-2-1-5-20-7/h1-5H,6H2. The van der Waals surface area contributed by atoms with Crippen LogP contribution >= 0.6 is 11.3 Å². The summed E-state index contributed by atoms with van der Waals surface area (Å²) < 4.78 is 31.9. The third kappa shape index (κ3) is 2.80. The molecule has 2 aromatic rings. The smallest absolute Gasteiger partial charge is 0.344 e. The molecule has 1 heterocycles. The van der Waals surface area contributed by atoms with E-state index in [1.54, 1.807) is 17.5 Å². The molecule has 0 unspecified atom stereocenters. The molecule has 0 N–H and O–H groups in total. The number of carbonyl (C=O) groups is 1. The van der Waals surface area contributed by atoms with Gasteiger partial charge in [0.2, 0.25) is 5.82 Å². The van der Waals surface area contributed by atoms with Crippen molar-refractivity contribution in [3.8, 4) is 0 Å². The van der Waals surface area contributed by atoms with Crippen LogP contribution in [0.15, 0.2) is 29.6 Å². The third-order valence-corrected chi connectivity index (χ3v) is 3.25. The number of hydrogen-bond donors (Lipinski definition) is 0. The van der Waals surface area contributed by atoms with Crippen molar-refractivity contribution >= 4 is 23.0 Å². The molecule has 0 saturated carbocycles. The molecule has 2 rings (SSSR count). The zero-order valence-corrected chi connectivity index (χ0v) is 10.7. The minimum atomic E-state index is -1.54. The van der Waals surface area contributed by atoms with Gasteiger partial charge in [0.1, 0.15) is 18.0 Å². The van der Waals surface area contributed by atoms with E-state index in [4.69, 9.17) is 4.74 Å². The summed E-state index contributed by atoms with van der Waals surface area (Å²) in [6.07, 6.45) is 0. The molecule has 104 valence electrons. The van der Waals surface area contributed by atoms with Crippen LogP contribution < -0.4 is 0 Å². The van der Waals surface area contributed by atoms with Gasteiger partial charge in [-0.2, -0.15) is 4.39 Å². The number of halogens is 2. The Hall–Kier alpha value is -2.35. The summed E-state index contributed by atoms with van der Waals surface area (Å²) in [6, 6.07) is 4.71. The van der Waals surface area contributed by atoms with Gasteiger partial charge in [0.05, 0.1) is 4.92 Å². The van der Waals surface area contributed by atoms with Crippen LogP contribution in [0.25, 0.3) is 0 Å². The molecule has 0 aliphatic rings. The molecule has 20 heavy (non-hydrogen) atoms. The van der Waals surface area contributed by atoms with Crippen LogP contribution in [0.2, 0.25) is 0 Å². The Bertz CT molecular complexity index is 658. The molecule has 0 aliphatic carbocycles.